The lowest BCUT2D eigenvalue weighted by Gasteiger charge is -2.20. The van der Waals surface area contributed by atoms with E-state index in [9.17, 15) is 0 Å². The van der Waals surface area contributed by atoms with Gasteiger partial charge in [0.05, 0.1) is 16.7 Å². The molecule has 1 aliphatic rings. The van der Waals surface area contributed by atoms with E-state index in [2.05, 4.69) is 154 Å². The number of aliphatic imine (C=N–C) groups is 1. The minimum Gasteiger partial charge on any atom is -0.467 e. The average Bonchev–Trinajstić information content (AvgIpc) is 3.69. The van der Waals surface area contributed by atoms with Gasteiger partial charge in [0, 0.05) is 33.8 Å². The molecule has 2 atom stereocenters. The molecule has 2 aromatic heterocycles. The van der Waals surface area contributed by atoms with E-state index in [1.807, 2.05) is 18.3 Å². The van der Waals surface area contributed by atoms with Crippen LogP contribution in [0.5, 0.6) is 0 Å². The summed E-state index contributed by atoms with van der Waals surface area (Å²) in [7, 11) is 0. The van der Waals surface area contributed by atoms with Crippen LogP contribution >= 0.6 is 0 Å². The Kier molecular flexibility index (Phi) is 7.25. The van der Waals surface area contributed by atoms with E-state index in [4.69, 9.17) is 14.7 Å². The van der Waals surface area contributed by atoms with Crippen molar-refractivity contribution in [3.63, 3.8) is 0 Å². The van der Waals surface area contributed by atoms with Gasteiger partial charge in [-0.05, 0) is 77.4 Å². The number of nitrogens with zero attached hydrogens (tertiary/aromatic N) is 3. The lowest BCUT2D eigenvalue weighted by atomic mass is 9.87. The molecule has 0 amide bonds. The van der Waals surface area contributed by atoms with Crippen LogP contribution < -0.4 is 0 Å². The highest BCUT2D eigenvalue weighted by Gasteiger charge is 2.35. The molecule has 48 heavy (non-hydrogen) atoms. The van der Waals surface area contributed by atoms with Gasteiger partial charge in [-0.3, -0.25) is 4.98 Å². The van der Waals surface area contributed by atoms with E-state index >= 15 is 0 Å². The van der Waals surface area contributed by atoms with Crippen molar-refractivity contribution in [2.75, 3.05) is 0 Å². The molecule has 7 aromatic rings. The molecule has 0 saturated heterocycles. The third kappa shape index (κ3) is 5.18. The SMILES string of the molecule is Cc1cc(C)c(-n2c3ccccc3c3ccc(-c4cc(C(C)(C)C)ccn4)cc32)cc1C1=N[C@H](c2ccccc2)[C@@H](c2ccccc2)O1. The molecule has 0 aliphatic carbocycles. The van der Waals surface area contributed by atoms with Crippen LogP contribution in [0.1, 0.15) is 66.3 Å². The van der Waals surface area contributed by atoms with E-state index < -0.39 is 0 Å². The summed E-state index contributed by atoms with van der Waals surface area (Å²) in [5.74, 6) is 0.682. The summed E-state index contributed by atoms with van der Waals surface area (Å²) in [6.45, 7) is 11.1. The Balaban J connectivity index is 1.30. The van der Waals surface area contributed by atoms with E-state index in [1.165, 1.54) is 21.9 Å². The fraction of sp³-hybridized carbons (Fsp3) is 0.182. The highest BCUT2D eigenvalue weighted by molar-refractivity contribution is 6.10. The quantitative estimate of drug-likeness (QED) is 0.191. The van der Waals surface area contributed by atoms with Gasteiger partial charge in [0.1, 0.15) is 6.04 Å². The Morgan fingerprint density at radius 2 is 1.33 bits per heavy atom. The summed E-state index contributed by atoms with van der Waals surface area (Å²) < 4.78 is 9.22. The predicted molar refractivity (Wildman–Crippen MR) is 198 cm³/mol. The largest absolute Gasteiger partial charge is 0.467 e. The summed E-state index contributed by atoms with van der Waals surface area (Å²) in [4.78, 5) is 10.1. The molecule has 0 spiro atoms. The fourth-order valence-electron chi connectivity index (χ4n) is 7.09. The Bertz CT molecular complexity index is 2330. The van der Waals surface area contributed by atoms with Gasteiger partial charge in [-0.2, -0.15) is 0 Å². The summed E-state index contributed by atoms with van der Waals surface area (Å²) in [5, 5.41) is 2.44. The number of hydrogen-bond donors (Lipinski definition) is 0. The van der Waals surface area contributed by atoms with Crippen molar-refractivity contribution in [3.8, 4) is 16.9 Å². The minimum atomic E-state index is -0.208. The number of aromatic nitrogens is 2. The zero-order valence-corrected chi connectivity index (χ0v) is 28.1. The van der Waals surface area contributed by atoms with E-state index in [-0.39, 0.29) is 17.6 Å². The molecular weight excluding hydrogens is 587 g/mol. The Labute approximate surface area is 282 Å². The van der Waals surface area contributed by atoms with Gasteiger partial charge in [-0.1, -0.05) is 118 Å². The normalized spacial score (nSPS) is 16.3. The number of aryl methyl sites for hydroxylation is 2. The first-order valence-corrected chi connectivity index (χ1v) is 16.7. The average molecular weight is 626 g/mol. The van der Waals surface area contributed by atoms with Gasteiger partial charge in [0.15, 0.2) is 6.10 Å². The third-order valence-electron chi connectivity index (χ3n) is 9.66. The molecule has 5 aromatic carbocycles. The van der Waals surface area contributed by atoms with Crippen molar-refractivity contribution < 1.29 is 4.74 Å². The van der Waals surface area contributed by atoms with Crippen molar-refractivity contribution in [2.24, 2.45) is 4.99 Å². The number of rotatable bonds is 5. The molecule has 0 radical (unpaired) electrons. The van der Waals surface area contributed by atoms with Gasteiger partial charge in [0.2, 0.25) is 5.90 Å². The zero-order valence-electron chi connectivity index (χ0n) is 28.1. The van der Waals surface area contributed by atoms with Crippen LogP contribution in [0.3, 0.4) is 0 Å². The van der Waals surface area contributed by atoms with Gasteiger partial charge in [-0.25, -0.2) is 4.99 Å². The van der Waals surface area contributed by atoms with Crippen LogP contribution in [0.25, 0.3) is 38.8 Å². The van der Waals surface area contributed by atoms with Crippen LogP contribution in [0, 0.1) is 13.8 Å². The third-order valence-corrected chi connectivity index (χ3v) is 9.66. The topological polar surface area (TPSA) is 39.4 Å². The molecule has 0 saturated carbocycles. The van der Waals surface area contributed by atoms with E-state index in [0.717, 1.165) is 50.2 Å². The molecule has 0 bridgehead atoms. The molecule has 0 fully saturated rings. The maximum atomic E-state index is 6.82. The molecule has 0 unspecified atom stereocenters. The molecule has 236 valence electrons. The number of hydrogen-bond acceptors (Lipinski definition) is 3. The summed E-state index contributed by atoms with van der Waals surface area (Å²) in [5.41, 5.74) is 12.4. The second kappa shape index (κ2) is 11.6. The second-order valence-electron chi connectivity index (χ2n) is 14.0. The molecule has 4 nitrogen and oxygen atoms in total. The standard InChI is InChI=1S/C44H39N3O/c1-28-24-29(2)39(27-36(28)43-46-41(30-14-8-6-9-15-30)42(48-43)31-16-10-7-11-17-31)47-38-19-13-12-18-34(38)35-21-20-32(25-40(35)47)37-26-33(22-23-45-37)44(3,4)5/h6-27,41-42H,1-5H3/t41-,42-/m1/s1. The van der Waals surface area contributed by atoms with Crippen molar-refractivity contribution in [1.82, 2.24) is 9.55 Å². The molecule has 0 N–H and O–H groups in total. The minimum absolute atomic E-state index is 0.0379. The first-order valence-electron chi connectivity index (χ1n) is 16.7. The van der Waals surface area contributed by atoms with Gasteiger partial charge < -0.3 is 9.30 Å². The maximum absolute atomic E-state index is 6.82. The van der Waals surface area contributed by atoms with Crippen molar-refractivity contribution >= 4 is 27.7 Å². The maximum Gasteiger partial charge on any atom is 0.217 e. The van der Waals surface area contributed by atoms with E-state index in [1.54, 1.807) is 0 Å². The van der Waals surface area contributed by atoms with Crippen LogP contribution in [0.15, 0.2) is 139 Å². The predicted octanol–water partition coefficient (Wildman–Crippen LogP) is 11.0. The number of pyridine rings is 1. The molecule has 4 heteroatoms. The van der Waals surface area contributed by atoms with E-state index in [0.29, 0.717) is 5.90 Å². The van der Waals surface area contributed by atoms with Crippen molar-refractivity contribution in [1.29, 1.82) is 0 Å². The van der Waals surface area contributed by atoms with Crippen LogP contribution in [-0.4, -0.2) is 15.4 Å². The number of fused-ring (bicyclic) bond motifs is 3. The Morgan fingerprint density at radius 1 is 0.646 bits per heavy atom. The fourth-order valence-corrected chi connectivity index (χ4v) is 7.09. The lowest BCUT2D eigenvalue weighted by Crippen LogP contribution is -2.11. The number of ether oxygens (including phenoxy) is 1. The van der Waals surface area contributed by atoms with Crippen molar-refractivity contribution in [3.05, 3.63) is 167 Å². The molecular formula is C44H39N3O. The van der Waals surface area contributed by atoms with Gasteiger partial charge >= 0.3 is 0 Å². The second-order valence-corrected chi connectivity index (χ2v) is 14.0. The first-order chi connectivity index (χ1) is 23.3. The van der Waals surface area contributed by atoms with Crippen molar-refractivity contribution in [2.45, 2.75) is 52.2 Å². The zero-order chi connectivity index (χ0) is 33.0. The summed E-state index contributed by atoms with van der Waals surface area (Å²) in [6, 6.07) is 45.1. The van der Waals surface area contributed by atoms with Crippen LogP contribution in [0.2, 0.25) is 0 Å². The molecule has 1 aliphatic heterocycles. The lowest BCUT2D eigenvalue weighted by molar-refractivity contribution is 0.197. The highest BCUT2D eigenvalue weighted by Crippen LogP contribution is 2.42. The monoisotopic (exact) mass is 625 g/mol. The summed E-state index contributed by atoms with van der Waals surface area (Å²) >= 11 is 0. The number of benzene rings is 5. The highest BCUT2D eigenvalue weighted by atomic mass is 16.5. The molecule has 8 rings (SSSR count). The Morgan fingerprint density at radius 3 is 2.08 bits per heavy atom. The molecule has 3 heterocycles. The van der Waals surface area contributed by atoms with Gasteiger partial charge in [0.25, 0.3) is 0 Å². The van der Waals surface area contributed by atoms with Crippen LogP contribution in [0.4, 0.5) is 0 Å². The first kappa shape index (κ1) is 29.9. The Hall–Kier alpha value is -5.48. The van der Waals surface area contributed by atoms with Gasteiger partial charge in [-0.15, -0.1) is 0 Å². The number of para-hydroxylation sites is 1. The smallest absolute Gasteiger partial charge is 0.217 e. The van der Waals surface area contributed by atoms with Crippen LogP contribution in [-0.2, 0) is 10.2 Å². The summed E-state index contributed by atoms with van der Waals surface area (Å²) in [6.07, 6.45) is 1.72.